The van der Waals surface area contributed by atoms with Gasteiger partial charge in [-0.2, -0.15) is 0 Å². The lowest BCUT2D eigenvalue weighted by molar-refractivity contribution is -0.130. The van der Waals surface area contributed by atoms with Crippen molar-refractivity contribution in [2.45, 2.75) is 20.3 Å². The molecule has 0 saturated heterocycles. The highest BCUT2D eigenvalue weighted by Gasteiger charge is 2.09. The van der Waals surface area contributed by atoms with Crippen molar-refractivity contribution in [3.63, 3.8) is 0 Å². The van der Waals surface area contributed by atoms with E-state index >= 15 is 0 Å². The first-order chi connectivity index (χ1) is 13.5. The van der Waals surface area contributed by atoms with E-state index in [2.05, 4.69) is 43.8 Å². The fourth-order valence-electron chi connectivity index (χ4n) is 3.03. The van der Waals surface area contributed by atoms with Crippen LogP contribution in [0, 0.1) is 0 Å². The van der Waals surface area contributed by atoms with Crippen LogP contribution in [-0.4, -0.2) is 13.1 Å². The SMILES string of the molecule is C=C(C)C(=O)Oc1ccc(-c2ccc(-c3ccc(OC)cc3)cc2CC)cc1. The molecular formula is C25H24O3. The minimum absolute atomic E-state index is 0.381. The van der Waals surface area contributed by atoms with Crippen LogP contribution in [0.2, 0.25) is 0 Å². The van der Waals surface area contributed by atoms with Crippen molar-refractivity contribution in [3.8, 4) is 33.8 Å². The Morgan fingerprint density at radius 1 is 0.857 bits per heavy atom. The molecule has 3 aromatic carbocycles. The molecule has 0 spiro atoms. The first-order valence-electron chi connectivity index (χ1n) is 9.27. The molecule has 0 fully saturated rings. The summed E-state index contributed by atoms with van der Waals surface area (Å²) in [4.78, 5) is 11.7. The Bertz CT molecular complexity index is 983. The second-order valence-corrected chi connectivity index (χ2v) is 6.65. The molecule has 0 atom stereocenters. The van der Waals surface area contributed by atoms with E-state index in [-0.39, 0.29) is 0 Å². The molecule has 0 aliphatic rings. The Kier molecular flexibility index (Phi) is 5.95. The molecular weight excluding hydrogens is 348 g/mol. The Balaban J connectivity index is 1.87. The minimum Gasteiger partial charge on any atom is -0.497 e. The molecule has 142 valence electrons. The summed E-state index contributed by atoms with van der Waals surface area (Å²) in [5.74, 6) is 0.957. The number of hydrogen-bond donors (Lipinski definition) is 0. The fourth-order valence-corrected chi connectivity index (χ4v) is 3.03. The molecule has 0 saturated carbocycles. The molecule has 3 rings (SSSR count). The highest BCUT2D eigenvalue weighted by molar-refractivity contribution is 5.88. The van der Waals surface area contributed by atoms with Crippen LogP contribution >= 0.6 is 0 Å². The summed E-state index contributed by atoms with van der Waals surface area (Å²) >= 11 is 0. The summed E-state index contributed by atoms with van der Waals surface area (Å²) in [6.07, 6.45) is 0.922. The van der Waals surface area contributed by atoms with E-state index in [1.54, 1.807) is 14.0 Å². The van der Waals surface area contributed by atoms with Crippen molar-refractivity contribution in [3.05, 3.63) is 84.4 Å². The topological polar surface area (TPSA) is 35.5 Å². The number of aryl methyl sites for hydroxylation is 1. The van der Waals surface area contributed by atoms with Crippen LogP contribution in [0.4, 0.5) is 0 Å². The van der Waals surface area contributed by atoms with E-state index in [0.717, 1.165) is 23.3 Å². The summed E-state index contributed by atoms with van der Waals surface area (Å²) in [5, 5.41) is 0. The lowest BCUT2D eigenvalue weighted by atomic mass is 9.93. The third-order valence-corrected chi connectivity index (χ3v) is 4.63. The molecule has 0 aliphatic carbocycles. The van der Waals surface area contributed by atoms with Crippen LogP contribution in [0.25, 0.3) is 22.3 Å². The molecule has 0 radical (unpaired) electrons. The Hall–Kier alpha value is -3.33. The summed E-state index contributed by atoms with van der Waals surface area (Å²) in [5.41, 5.74) is 6.25. The third kappa shape index (κ3) is 4.32. The average molecular weight is 372 g/mol. The van der Waals surface area contributed by atoms with Gasteiger partial charge in [0.1, 0.15) is 11.5 Å². The molecule has 0 N–H and O–H groups in total. The van der Waals surface area contributed by atoms with Crippen LogP contribution < -0.4 is 9.47 Å². The van der Waals surface area contributed by atoms with Gasteiger partial charge in [0, 0.05) is 5.57 Å². The fraction of sp³-hybridized carbons (Fsp3) is 0.160. The zero-order chi connectivity index (χ0) is 20.1. The number of ether oxygens (including phenoxy) is 2. The summed E-state index contributed by atoms with van der Waals surface area (Å²) < 4.78 is 10.5. The van der Waals surface area contributed by atoms with Gasteiger partial charge in [-0.1, -0.05) is 56.0 Å². The first-order valence-corrected chi connectivity index (χ1v) is 9.27. The normalized spacial score (nSPS) is 10.4. The second-order valence-electron chi connectivity index (χ2n) is 6.65. The van der Waals surface area contributed by atoms with Crippen LogP contribution in [0.3, 0.4) is 0 Å². The highest BCUT2D eigenvalue weighted by atomic mass is 16.5. The van der Waals surface area contributed by atoms with Crippen molar-refractivity contribution < 1.29 is 14.3 Å². The van der Waals surface area contributed by atoms with Crippen molar-refractivity contribution in [1.29, 1.82) is 0 Å². The molecule has 0 aliphatic heterocycles. The first kappa shape index (κ1) is 19.4. The van der Waals surface area contributed by atoms with Crippen LogP contribution in [0.1, 0.15) is 19.4 Å². The number of methoxy groups -OCH3 is 1. The quantitative estimate of drug-likeness (QED) is 0.299. The predicted molar refractivity (Wildman–Crippen MR) is 114 cm³/mol. The van der Waals surface area contributed by atoms with E-state index in [1.165, 1.54) is 16.7 Å². The van der Waals surface area contributed by atoms with Crippen molar-refractivity contribution in [2.24, 2.45) is 0 Å². The van der Waals surface area contributed by atoms with Gasteiger partial charge in [-0.25, -0.2) is 4.79 Å². The lowest BCUT2D eigenvalue weighted by Gasteiger charge is -2.12. The highest BCUT2D eigenvalue weighted by Crippen LogP contribution is 2.31. The Morgan fingerprint density at radius 3 is 2.00 bits per heavy atom. The van der Waals surface area contributed by atoms with Gasteiger partial charge in [-0.15, -0.1) is 0 Å². The summed E-state index contributed by atoms with van der Waals surface area (Å²) in [6.45, 7) is 7.39. The Morgan fingerprint density at radius 2 is 1.43 bits per heavy atom. The maximum Gasteiger partial charge on any atom is 0.338 e. The zero-order valence-corrected chi connectivity index (χ0v) is 16.5. The van der Waals surface area contributed by atoms with Crippen LogP contribution in [0.15, 0.2) is 78.9 Å². The van der Waals surface area contributed by atoms with Crippen LogP contribution in [0.5, 0.6) is 11.5 Å². The monoisotopic (exact) mass is 372 g/mol. The molecule has 0 bridgehead atoms. The van der Waals surface area contributed by atoms with Gasteiger partial charge in [0.15, 0.2) is 0 Å². The van der Waals surface area contributed by atoms with Crippen molar-refractivity contribution in [2.75, 3.05) is 7.11 Å². The van der Waals surface area contributed by atoms with E-state index in [9.17, 15) is 4.79 Å². The third-order valence-electron chi connectivity index (χ3n) is 4.63. The van der Waals surface area contributed by atoms with E-state index in [0.29, 0.717) is 11.3 Å². The number of rotatable bonds is 6. The zero-order valence-electron chi connectivity index (χ0n) is 16.5. The molecule has 3 aromatic rings. The maximum atomic E-state index is 11.7. The molecule has 3 heteroatoms. The van der Waals surface area contributed by atoms with E-state index < -0.39 is 5.97 Å². The van der Waals surface area contributed by atoms with Gasteiger partial charge < -0.3 is 9.47 Å². The summed E-state index contributed by atoms with van der Waals surface area (Å²) in [7, 11) is 1.67. The maximum absolute atomic E-state index is 11.7. The second kappa shape index (κ2) is 8.57. The largest absolute Gasteiger partial charge is 0.497 e. The number of esters is 1. The van der Waals surface area contributed by atoms with Gasteiger partial charge in [0.2, 0.25) is 0 Å². The van der Waals surface area contributed by atoms with Gasteiger partial charge in [-0.05, 0) is 65.4 Å². The van der Waals surface area contributed by atoms with Crippen molar-refractivity contribution >= 4 is 5.97 Å². The molecule has 0 amide bonds. The van der Waals surface area contributed by atoms with E-state index in [4.69, 9.17) is 9.47 Å². The molecule has 3 nitrogen and oxygen atoms in total. The smallest absolute Gasteiger partial charge is 0.338 e. The molecule has 28 heavy (non-hydrogen) atoms. The number of hydrogen-bond acceptors (Lipinski definition) is 3. The Labute approximate surface area is 166 Å². The minimum atomic E-state index is -0.411. The molecule has 0 aromatic heterocycles. The van der Waals surface area contributed by atoms with E-state index in [1.807, 2.05) is 36.4 Å². The molecule has 0 unspecified atom stereocenters. The van der Waals surface area contributed by atoms with Crippen molar-refractivity contribution in [1.82, 2.24) is 0 Å². The number of carbonyl (C=O) groups excluding carboxylic acids is 1. The average Bonchev–Trinajstić information content (AvgIpc) is 2.74. The number of carbonyl (C=O) groups is 1. The molecule has 0 heterocycles. The van der Waals surface area contributed by atoms with Gasteiger partial charge in [0.25, 0.3) is 0 Å². The summed E-state index contributed by atoms with van der Waals surface area (Å²) in [6, 6.07) is 22.2. The van der Waals surface area contributed by atoms with Gasteiger partial charge in [-0.3, -0.25) is 0 Å². The standard InChI is InChI=1S/C25H24O3/c1-5-18-16-21(19-6-11-22(27-4)12-7-19)10-15-24(18)20-8-13-23(14-9-20)28-25(26)17(2)3/h6-16H,2,5H2,1,3-4H3. The van der Waals surface area contributed by atoms with Gasteiger partial charge in [0.05, 0.1) is 7.11 Å². The predicted octanol–water partition coefficient (Wildman–Crippen LogP) is 6.07. The number of benzene rings is 3. The van der Waals surface area contributed by atoms with Crippen LogP contribution in [-0.2, 0) is 11.2 Å². The lowest BCUT2D eigenvalue weighted by Crippen LogP contribution is -2.07. The van der Waals surface area contributed by atoms with Gasteiger partial charge >= 0.3 is 5.97 Å².